The van der Waals surface area contributed by atoms with E-state index in [2.05, 4.69) is 40.6 Å². The minimum Gasteiger partial charge on any atom is -0.482 e. The molecule has 3 heteroatoms. The highest BCUT2D eigenvalue weighted by molar-refractivity contribution is 5.84. The molecule has 0 bridgehead atoms. The number of benzene rings is 1. The summed E-state index contributed by atoms with van der Waals surface area (Å²) in [5.41, 5.74) is 3.39. The maximum absolute atomic E-state index is 6.38. The average molecular weight is 278 g/mol. The molecular weight excluding hydrogens is 260 g/mol. The summed E-state index contributed by atoms with van der Waals surface area (Å²) < 4.78 is 6.38. The second kappa shape index (κ2) is 5.01. The van der Waals surface area contributed by atoms with E-state index in [9.17, 15) is 0 Å². The number of piperidine rings is 1. The number of hydrogen-bond donors (Lipinski definition) is 1. The van der Waals surface area contributed by atoms with Crippen molar-refractivity contribution in [2.24, 2.45) is 0 Å². The molecule has 1 aromatic carbocycles. The van der Waals surface area contributed by atoms with E-state index in [4.69, 9.17) is 4.74 Å². The van der Waals surface area contributed by atoms with Crippen molar-refractivity contribution < 1.29 is 4.74 Å². The van der Waals surface area contributed by atoms with Crippen LogP contribution in [-0.4, -0.2) is 23.7 Å². The molecule has 0 saturated carbocycles. The van der Waals surface area contributed by atoms with Gasteiger partial charge in [0.2, 0.25) is 0 Å². The van der Waals surface area contributed by atoms with Crippen LogP contribution in [0.25, 0.3) is 5.57 Å². The van der Waals surface area contributed by atoms with Crippen LogP contribution in [0.3, 0.4) is 0 Å². The van der Waals surface area contributed by atoms with E-state index < -0.39 is 0 Å². The Labute approximate surface area is 124 Å². The highest BCUT2D eigenvalue weighted by Gasteiger charge is 2.36. The van der Waals surface area contributed by atoms with Crippen LogP contribution >= 0.6 is 0 Å². The van der Waals surface area contributed by atoms with Crippen molar-refractivity contribution in [1.29, 1.82) is 0 Å². The van der Waals surface area contributed by atoms with Gasteiger partial charge in [-0.1, -0.05) is 24.3 Å². The summed E-state index contributed by atoms with van der Waals surface area (Å²) in [6.07, 6.45) is 8.07. The summed E-state index contributed by atoms with van der Waals surface area (Å²) in [6, 6.07) is 12.4. The zero-order valence-corrected chi connectivity index (χ0v) is 11.9. The largest absolute Gasteiger partial charge is 0.482 e. The Balaban J connectivity index is 1.87. The topological polar surface area (TPSA) is 34.1 Å². The SMILES string of the molecule is C1=C(c2cccnc2)c2ccccc2OC12CCNCC2. The molecule has 1 spiro atoms. The maximum atomic E-state index is 6.38. The maximum Gasteiger partial charge on any atom is 0.130 e. The Morgan fingerprint density at radius 3 is 2.71 bits per heavy atom. The fraction of sp³-hybridized carbons (Fsp3) is 0.278. The lowest BCUT2D eigenvalue weighted by atomic mass is 9.84. The van der Waals surface area contributed by atoms with Gasteiger partial charge in [0.1, 0.15) is 11.4 Å². The van der Waals surface area contributed by atoms with Crippen LogP contribution in [0, 0.1) is 0 Å². The van der Waals surface area contributed by atoms with E-state index in [1.807, 2.05) is 24.5 Å². The van der Waals surface area contributed by atoms with E-state index >= 15 is 0 Å². The standard InChI is InChI=1S/C18H18N2O/c1-2-6-17-15(5-1)16(14-4-3-9-20-13-14)12-18(21-17)7-10-19-11-8-18/h1-6,9,12-13,19H,7-8,10-11H2. The molecule has 0 atom stereocenters. The van der Waals surface area contributed by atoms with Crippen molar-refractivity contribution in [3.05, 3.63) is 66.0 Å². The Hall–Kier alpha value is -2.13. The van der Waals surface area contributed by atoms with Crippen molar-refractivity contribution in [2.45, 2.75) is 18.4 Å². The number of aromatic nitrogens is 1. The van der Waals surface area contributed by atoms with Crippen LogP contribution in [0.5, 0.6) is 5.75 Å². The molecule has 1 fully saturated rings. The van der Waals surface area contributed by atoms with Crippen LogP contribution in [0.15, 0.2) is 54.9 Å². The number of rotatable bonds is 1. The van der Waals surface area contributed by atoms with Crippen LogP contribution in [0.4, 0.5) is 0 Å². The number of nitrogens with one attached hydrogen (secondary N) is 1. The van der Waals surface area contributed by atoms with Crippen molar-refractivity contribution in [3.8, 4) is 5.75 Å². The third-order valence-corrected chi connectivity index (χ3v) is 4.32. The average Bonchev–Trinajstić information content (AvgIpc) is 2.56. The molecule has 2 aliphatic heterocycles. The first-order valence-electron chi connectivity index (χ1n) is 7.49. The molecule has 0 amide bonds. The summed E-state index contributed by atoms with van der Waals surface area (Å²) in [7, 11) is 0. The molecule has 106 valence electrons. The Morgan fingerprint density at radius 1 is 1.05 bits per heavy atom. The first-order chi connectivity index (χ1) is 10.4. The molecule has 3 nitrogen and oxygen atoms in total. The van der Waals surface area contributed by atoms with Crippen LogP contribution < -0.4 is 10.1 Å². The molecule has 21 heavy (non-hydrogen) atoms. The predicted molar refractivity (Wildman–Crippen MR) is 83.2 cm³/mol. The summed E-state index contributed by atoms with van der Waals surface area (Å²) in [4.78, 5) is 4.27. The first-order valence-corrected chi connectivity index (χ1v) is 7.49. The van der Waals surface area contributed by atoms with Gasteiger partial charge in [-0.3, -0.25) is 4.98 Å². The number of fused-ring (bicyclic) bond motifs is 1. The van der Waals surface area contributed by atoms with Gasteiger partial charge in [0, 0.05) is 36.4 Å². The van der Waals surface area contributed by atoms with Crippen molar-refractivity contribution in [3.63, 3.8) is 0 Å². The normalized spacial score (nSPS) is 19.5. The van der Waals surface area contributed by atoms with Crippen molar-refractivity contribution >= 4 is 5.57 Å². The third-order valence-electron chi connectivity index (χ3n) is 4.32. The molecule has 2 aliphatic rings. The van der Waals surface area contributed by atoms with Gasteiger partial charge in [-0.25, -0.2) is 0 Å². The Bertz CT molecular complexity index is 673. The molecule has 3 heterocycles. The number of pyridine rings is 1. The summed E-state index contributed by atoms with van der Waals surface area (Å²) >= 11 is 0. The quantitative estimate of drug-likeness (QED) is 0.870. The predicted octanol–water partition coefficient (Wildman–Crippen LogP) is 3.03. The number of nitrogens with zero attached hydrogens (tertiary/aromatic N) is 1. The second-order valence-corrected chi connectivity index (χ2v) is 5.71. The smallest absolute Gasteiger partial charge is 0.130 e. The van der Waals surface area contributed by atoms with E-state index in [0.717, 1.165) is 42.8 Å². The molecule has 1 aromatic heterocycles. The lowest BCUT2D eigenvalue weighted by Gasteiger charge is -2.40. The molecule has 0 unspecified atom stereocenters. The number of ether oxygens (including phenoxy) is 1. The van der Waals surface area contributed by atoms with Gasteiger partial charge in [-0.2, -0.15) is 0 Å². The second-order valence-electron chi connectivity index (χ2n) is 5.71. The first kappa shape index (κ1) is 12.6. The minimum atomic E-state index is -0.176. The highest BCUT2D eigenvalue weighted by atomic mass is 16.5. The number of hydrogen-bond acceptors (Lipinski definition) is 3. The molecule has 2 aromatic rings. The molecule has 1 saturated heterocycles. The monoisotopic (exact) mass is 278 g/mol. The minimum absolute atomic E-state index is 0.176. The van der Waals surface area contributed by atoms with Crippen LogP contribution in [-0.2, 0) is 0 Å². The van der Waals surface area contributed by atoms with Gasteiger partial charge in [0.15, 0.2) is 0 Å². The van der Waals surface area contributed by atoms with Gasteiger partial charge in [-0.05, 0) is 36.9 Å². The van der Waals surface area contributed by atoms with Gasteiger partial charge >= 0.3 is 0 Å². The zero-order chi connectivity index (χ0) is 14.1. The van der Waals surface area contributed by atoms with E-state index in [1.165, 1.54) is 5.57 Å². The van der Waals surface area contributed by atoms with Gasteiger partial charge < -0.3 is 10.1 Å². The van der Waals surface area contributed by atoms with Crippen LogP contribution in [0.1, 0.15) is 24.0 Å². The fourth-order valence-electron chi connectivity index (χ4n) is 3.22. The lowest BCUT2D eigenvalue weighted by Crippen LogP contribution is -2.46. The summed E-state index contributed by atoms with van der Waals surface area (Å²) in [6.45, 7) is 2.00. The Morgan fingerprint density at radius 2 is 1.90 bits per heavy atom. The molecule has 0 radical (unpaired) electrons. The summed E-state index contributed by atoms with van der Waals surface area (Å²) in [5.74, 6) is 0.987. The molecule has 4 rings (SSSR count). The van der Waals surface area contributed by atoms with Gasteiger partial charge in [-0.15, -0.1) is 0 Å². The highest BCUT2D eigenvalue weighted by Crippen LogP contribution is 2.42. The lowest BCUT2D eigenvalue weighted by molar-refractivity contribution is 0.0817. The zero-order valence-electron chi connectivity index (χ0n) is 11.9. The number of para-hydroxylation sites is 1. The fourth-order valence-corrected chi connectivity index (χ4v) is 3.22. The van der Waals surface area contributed by atoms with Gasteiger partial charge in [0.25, 0.3) is 0 Å². The summed E-state index contributed by atoms with van der Waals surface area (Å²) in [5, 5.41) is 3.41. The van der Waals surface area contributed by atoms with Crippen molar-refractivity contribution in [1.82, 2.24) is 10.3 Å². The van der Waals surface area contributed by atoms with E-state index in [-0.39, 0.29) is 5.60 Å². The molecule has 1 N–H and O–H groups in total. The molecule has 0 aliphatic carbocycles. The van der Waals surface area contributed by atoms with E-state index in [1.54, 1.807) is 0 Å². The van der Waals surface area contributed by atoms with Crippen LogP contribution in [0.2, 0.25) is 0 Å². The van der Waals surface area contributed by atoms with E-state index in [0.29, 0.717) is 0 Å². The Kier molecular flexibility index (Phi) is 3.00. The van der Waals surface area contributed by atoms with Gasteiger partial charge in [0.05, 0.1) is 0 Å². The van der Waals surface area contributed by atoms with Crippen molar-refractivity contribution in [2.75, 3.05) is 13.1 Å². The third kappa shape index (κ3) is 2.24. The molecular formula is C18H18N2O.